The summed E-state index contributed by atoms with van der Waals surface area (Å²) in [6, 6.07) is 14.3. The zero-order valence-corrected chi connectivity index (χ0v) is 14.2. The first-order chi connectivity index (χ1) is 12.1. The average molecular weight is 338 g/mol. The van der Waals surface area contributed by atoms with Crippen LogP contribution >= 0.6 is 0 Å². The molecule has 1 saturated heterocycles. The van der Waals surface area contributed by atoms with E-state index in [1.54, 1.807) is 30.3 Å². The fourth-order valence-corrected chi connectivity index (χ4v) is 2.81. The van der Waals surface area contributed by atoms with Crippen LogP contribution in [0, 0.1) is 6.92 Å². The fraction of sp³-hybridized carbons (Fsp3) is 0.300. The molecule has 1 aliphatic rings. The maximum atomic E-state index is 12.2. The molecule has 5 nitrogen and oxygen atoms in total. The molecule has 5 heteroatoms. The molecule has 2 amide bonds. The third-order valence-electron chi connectivity index (χ3n) is 4.20. The molecule has 2 N–H and O–H groups in total. The minimum atomic E-state index is -0.167. The Bertz CT molecular complexity index is 750. The first-order valence-electron chi connectivity index (χ1n) is 8.50. The Kier molecular flexibility index (Phi) is 5.46. The van der Waals surface area contributed by atoms with Crippen LogP contribution in [0.2, 0.25) is 0 Å². The van der Waals surface area contributed by atoms with Gasteiger partial charge in [0.1, 0.15) is 0 Å². The summed E-state index contributed by atoms with van der Waals surface area (Å²) in [5.74, 6) is -0.300. The van der Waals surface area contributed by atoms with Crippen LogP contribution in [-0.4, -0.2) is 31.1 Å². The summed E-state index contributed by atoms with van der Waals surface area (Å²) in [5, 5.41) is 5.72. The molecule has 0 saturated carbocycles. The zero-order valence-electron chi connectivity index (χ0n) is 14.2. The number of anilines is 1. The van der Waals surface area contributed by atoms with Crippen molar-refractivity contribution >= 4 is 17.5 Å². The summed E-state index contributed by atoms with van der Waals surface area (Å²) >= 11 is 0. The van der Waals surface area contributed by atoms with Crippen LogP contribution < -0.4 is 10.6 Å². The Balaban J connectivity index is 1.56. The van der Waals surface area contributed by atoms with Crippen LogP contribution in [0.4, 0.5) is 5.69 Å². The average Bonchev–Trinajstić information content (AvgIpc) is 3.14. The number of hydrogen-bond acceptors (Lipinski definition) is 3. The molecule has 3 rings (SSSR count). The van der Waals surface area contributed by atoms with Gasteiger partial charge in [-0.3, -0.25) is 9.59 Å². The molecule has 1 fully saturated rings. The standard InChI is InChI=1S/C20H22N2O3/c1-14-4-2-5-16(12-14)20(24)22-17-9-7-15(8-10-17)19(23)21-13-18-6-3-11-25-18/h2,4-5,7-10,12,18H,3,6,11,13H2,1H3,(H,21,23)(H,22,24)/t18-/m0/s1. The van der Waals surface area contributed by atoms with Crippen molar-refractivity contribution in [2.45, 2.75) is 25.9 Å². The largest absolute Gasteiger partial charge is 0.376 e. The number of hydrogen-bond donors (Lipinski definition) is 2. The van der Waals surface area contributed by atoms with E-state index in [-0.39, 0.29) is 17.9 Å². The van der Waals surface area contributed by atoms with Gasteiger partial charge in [0.15, 0.2) is 0 Å². The molecule has 0 aliphatic carbocycles. The Morgan fingerprint density at radius 3 is 2.56 bits per heavy atom. The quantitative estimate of drug-likeness (QED) is 0.880. The maximum absolute atomic E-state index is 12.2. The predicted molar refractivity (Wildman–Crippen MR) is 96.9 cm³/mol. The summed E-state index contributed by atoms with van der Waals surface area (Å²) in [6.07, 6.45) is 2.16. The Hall–Kier alpha value is -2.66. The number of carbonyl (C=O) groups is 2. The number of ether oxygens (including phenoxy) is 1. The van der Waals surface area contributed by atoms with Crippen molar-refractivity contribution in [3.63, 3.8) is 0 Å². The molecule has 1 heterocycles. The Labute approximate surface area is 147 Å². The van der Waals surface area contributed by atoms with Crippen LogP contribution in [0.15, 0.2) is 48.5 Å². The van der Waals surface area contributed by atoms with E-state index < -0.39 is 0 Å². The molecule has 0 unspecified atom stereocenters. The molecule has 1 aliphatic heterocycles. The Morgan fingerprint density at radius 2 is 1.88 bits per heavy atom. The van der Waals surface area contributed by atoms with E-state index in [2.05, 4.69) is 10.6 Å². The van der Waals surface area contributed by atoms with Gasteiger partial charge in [0.25, 0.3) is 11.8 Å². The van der Waals surface area contributed by atoms with Gasteiger partial charge in [0, 0.05) is 30.0 Å². The van der Waals surface area contributed by atoms with E-state index >= 15 is 0 Å². The van der Waals surface area contributed by atoms with E-state index in [0.29, 0.717) is 23.4 Å². The summed E-state index contributed by atoms with van der Waals surface area (Å²) in [7, 11) is 0. The molecule has 25 heavy (non-hydrogen) atoms. The highest BCUT2D eigenvalue weighted by Gasteiger charge is 2.16. The van der Waals surface area contributed by atoms with Crippen molar-refractivity contribution in [1.82, 2.24) is 5.32 Å². The van der Waals surface area contributed by atoms with Crippen molar-refractivity contribution in [2.75, 3.05) is 18.5 Å². The highest BCUT2D eigenvalue weighted by molar-refractivity contribution is 6.04. The molecule has 130 valence electrons. The molecular weight excluding hydrogens is 316 g/mol. The molecule has 0 radical (unpaired) electrons. The van der Waals surface area contributed by atoms with Crippen LogP contribution in [0.1, 0.15) is 39.1 Å². The van der Waals surface area contributed by atoms with Gasteiger partial charge in [-0.2, -0.15) is 0 Å². The van der Waals surface area contributed by atoms with E-state index in [1.807, 2.05) is 25.1 Å². The van der Waals surface area contributed by atoms with Crippen LogP contribution in [0.25, 0.3) is 0 Å². The maximum Gasteiger partial charge on any atom is 0.255 e. The van der Waals surface area contributed by atoms with Crippen molar-refractivity contribution < 1.29 is 14.3 Å². The molecule has 0 bridgehead atoms. The number of amides is 2. The van der Waals surface area contributed by atoms with Crippen LogP contribution in [0.3, 0.4) is 0 Å². The second-order valence-corrected chi connectivity index (χ2v) is 6.25. The van der Waals surface area contributed by atoms with Gasteiger partial charge in [-0.1, -0.05) is 17.7 Å². The Morgan fingerprint density at radius 1 is 1.08 bits per heavy atom. The third-order valence-corrected chi connectivity index (χ3v) is 4.20. The van der Waals surface area contributed by atoms with E-state index in [0.717, 1.165) is 25.0 Å². The van der Waals surface area contributed by atoms with Crippen molar-refractivity contribution in [3.8, 4) is 0 Å². The molecule has 2 aromatic carbocycles. The lowest BCUT2D eigenvalue weighted by Crippen LogP contribution is -2.31. The molecule has 1 atom stereocenters. The number of rotatable bonds is 5. The SMILES string of the molecule is Cc1cccc(C(=O)Nc2ccc(C(=O)NC[C@@H]3CCCO3)cc2)c1. The van der Waals surface area contributed by atoms with Gasteiger partial charge in [0.2, 0.25) is 0 Å². The fourth-order valence-electron chi connectivity index (χ4n) is 2.81. The van der Waals surface area contributed by atoms with Gasteiger partial charge in [-0.25, -0.2) is 0 Å². The lowest BCUT2D eigenvalue weighted by Gasteiger charge is -2.11. The molecular formula is C20H22N2O3. The lowest BCUT2D eigenvalue weighted by molar-refractivity contribution is 0.0857. The van der Waals surface area contributed by atoms with Crippen LogP contribution in [0.5, 0.6) is 0 Å². The van der Waals surface area contributed by atoms with Gasteiger partial charge in [0.05, 0.1) is 6.10 Å². The minimum Gasteiger partial charge on any atom is -0.376 e. The first-order valence-corrected chi connectivity index (χ1v) is 8.50. The third kappa shape index (κ3) is 4.67. The summed E-state index contributed by atoms with van der Waals surface area (Å²) in [6.45, 7) is 3.25. The van der Waals surface area contributed by atoms with Gasteiger partial charge in [-0.15, -0.1) is 0 Å². The molecule has 0 aromatic heterocycles. The van der Waals surface area contributed by atoms with Gasteiger partial charge < -0.3 is 15.4 Å². The monoisotopic (exact) mass is 338 g/mol. The van der Waals surface area contributed by atoms with E-state index in [4.69, 9.17) is 4.74 Å². The van der Waals surface area contributed by atoms with Crippen molar-refractivity contribution in [2.24, 2.45) is 0 Å². The highest BCUT2D eigenvalue weighted by atomic mass is 16.5. The number of benzene rings is 2. The lowest BCUT2D eigenvalue weighted by atomic mass is 10.1. The number of aryl methyl sites for hydroxylation is 1. The van der Waals surface area contributed by atoms with Gasteiger partial charge >= 0.3 is 0 Å². The normalized spacial score (nSPS) is 16.4. The second kappa shape index (κ2) is 7.94. The van der Waals surface area contributed by atoms with Gasteiger partial charge in [-0.05, 0) is 56.2 Å². The molecule has 2 aromatic rings. The van der Waals surface area contributed by atoms with E-state index in [1.165, 1.54) is 0 Å². The topological polar surface area (TPSA) is 67.4 Å². The summed E-state index contributed by atoms with van der Waals surface area (Å²) < 4.78 is 5.49. The summed E-state index contributed by atoms with van der Waals surface area (Å²) in [5.41, 5.74) is 2.86. The second-order valence-electron chi connectivity index (χ2n) is 6.25. The number of carbonyl (C=O) groups excluding carboxylic acids is 2. The smallest absolute Gasteiger partial charge is 0.255 e. The van der Waals surface area contributed by atoms with E-state index in [9.17, 15) is 9.59 Å². The zero-order chi connectivity index (χ0) is 17.6. The minimum absolute atomic E-state index is 0.122. The predicted octanol–water partition coefficient (Wildman–Crippen LogP) is 3.16. The molecule has 0 spiro atoms. The highest BCUT2D eigenvalue weighted by Crippen LogP contribution is 2.13. The summed E-state index contributed by atoms with van der Waals surface area (Å²) in [4.78, 5) is 24.4. The number of nitrogens with one attached hydrogen (secondary N) is 2. The van der Waals surface area contributed by atoms with Crippen molar-refractivity contribution in [1.29, 1.82) is 0 Å². The van der Waals surface area contributed by atoms with Crippen LogP contribution in [-0.2, 0) is 4.74 Å². The van der Waals surface area contributed by atoms with Crippen molar-refractivity contribution in [3.05, 3.63) is 65.2 Å². The first kappa shape index (κ1) is 17.2.